The number of carbonyl (C=O) groups is 1. The Kier molecular flexibility index (Phi) is 7.24. The first-order valence-corrected chi connectivity index (χ1v) is 7.52. The summed E-state index contributed by atoms with van der Waals surface area (Å²) in [6.45, 7) is 6.64. The number of esters is 1. The van der Waals surface area contributed by atoms with Gasteiger partial charge in [0.05, 0.1) is 12.2 Å². The third-order valence-electron chi connectivity index (χ3n) is 3.32. The topological polar surface area (TPSA) is 26.3 Å². The molecule has 0 aliphatic heterocycles. The summed E-state index contributed by atoms with van der Waals surface area (Å²) in [6, 6.07) is 6.20. The molecule has 2 heteroatoms. The van der Waals surface area contributed by atoms with Crippen LogP contribution in [0.1, 0.15) is 67.9 Å². The summed E-state index contributed by atoms with van der Waals surface area (Å²) >= 11 is 0. The van der Waals surface area contributed by atoms with Crippen LogP contribution in [0, 0.1) is 0 Å². The number of ether oxygens (including phenoxy) is 1. The van der Waals surface area contributed by atoms with E-state index >= 15 is 0 Å². The molecule has 0 heterocycles. The minimum absolute atomic E-state index is 0.152. The van der Waals surface area contributed by atoms with Crippen LogP contribution in [-0.4, -0.2) is 12.6 Å². The van der Waals surface area contributed by atoms with E-state index in [0.29, 0.717) is 6.61 Å². The molecule has 1 rings (SSSR count). The van der Waals surface area contributed by atoms with Crippen LogP contribution in [0.15, 0.2) is 18.2 Å². The first-order chi connectivity index (χ1) is 9.24. The van der Waals surface area contributed by atoms with Gasteiger partial charge in [-0.15, -0.1) is 0 Å². The second kappa shape index (κ2) is 8.73. The lowest BCUT2D eigenvalue weighted by atomic mass is 9.94. The zero-order valence-electron chi connectivity index (χ0n) is 12.5. The highest BCUT2D eigenvalue weighted by atomic mass is 16.5. The van der Waals surface area contributed by atoms with Gasteiger partial charge in [0, 0.05) is 0 Å². The Morgan fingerprint density at radius 3 is 1.95 bits per heavy atom. The Bertz CT molecular complexity index is 370. The summed E-state index contributed by atoms with van der Waals surface area (Å²) in [5, 5.41) is 0. The van der Waals surface area contributed by atoms with Crippen LogP contribution < -0.4 is 0 Å². The van der Waals surface area contributed by atoms with Crippen LogP contribution in [-0.2, 0) is 17.6 Å². The molecule has 0 radical (unpaired) electrons. The van der Waals surface area contributed by atoms with Crippen molar-refractivity contribution in [1.29, 1.82) is 0 Å². The van der Waals surface area contributed by atoms with E-state index < -0.39 is 0 Å². The summed E-state index contributed by atoms with van der Waals surface area (Å²) in [7, 11) is 0. The fourth-order valence-corrected chi connectivity index (χ4v) is 2.27. The highest BCUT2D eigenvalue weighted by Gasteiger charge is 2.16. The molecule has 0 saturated heterocycles. The molecule has 0 aliphatic rings. The number of hydrogen-bond acceptors (Lipinski definition) is 2. The van der Waals surface area contributed by atoms with E-state index in [2.05, 4.69) is 32.0 Å². The standard InChI is InChI=1S/C17H26O2/c1-4-7-10-14-12-9-13-15(11-8-5-2)16(14)17(18)19-6-3/h9,12-13H,4-8,10-11H2,1-3H3. The van der Waals surface area contributed by atoms with Gasteiger partial charge < -0.3 is 4.74 Å². The van der Waals surface area contributed by atoms with Crippen LogP contribution in [0.2, 0.25) is 0 Å². The molecule has 2 nitrogen and oxygen atoms in total. The highest BCUT2D eigenvalue weighted by molar-refractivity contribution is 5.92. The Hall–Kier alpha value is -1.31. The van der Waals surface area contributed by atoms with Crippen LogP contribution in [0.3, 0.4) is 0 Å². The smallest absolute Gasteiger partial charge is 0.338 e. The zero-order valence-corrected chi connectivity index (χ0v) is 12.5. The van der Waals surface area contributed by atoms with Crippen molar-refractivity contribution < 1.29 is 9.53 Å². The largest absolute Gasteiger partial charge is 0.462 e. The number of benzene rings is 1. The highest BCUT2D eigenvalue weighted by Crippen LogP contribution is 2.20. The van der Waals surface area contributed by atoms with Crippen molar-refractivity contribution in [3.8, 4) is 0 Å². The van der Waals surface area contributed by atoms with Gasteiger partial charge in [-0.3, -0.25) is 0 Å². The van der Waals surface area contributed by atoms with E-state index in [-0.39, 0.29) is 5.97 Å². The summed E-state index contributed by atoms with van der Waals surface area (Å²) < 4.78 is 5.23. The quantitative estimate of drug-likeness (QED) is 0.642. The van der Waals surface area contributed by atoms with Gasteiger partial charge in [-0.25, -0.2) is 4.79 Å². The van der Waals surface area contributed by atoms with Gasteiger partial charge in [0.25, 0.3) is 0 Å². The van der Waals surface area contributed by atoms with Crippen molar-refractivity contribution >= 4 is 5.97 Å². The van der Waals surface area contributed by atoms with Crippen LogP contribution in [0.25, 0.3) is 0 Å². The molecule has 19 heavy (non-hydrogen) atoms. The maximum Gasteiger partial charge on any atom is 0.338 e. The van der Waals surface area contributed by atoms with Crippen molar-refractivity contribution in [1.82, 2.24) is 0 Å². The van der Waals surface area contributed by atoms with E-state index in [1.54, 1.807) is 0 Å². The number of rotatable bonds is 8. The van der Waals surface area contributed by atoms with Gasteiger partial charge in [-0.2, -0.15) is 0 Å². The van der Waals surface area contributed by atoms with Crippen LogP contribution in [0.4, 0.5) is 0 Å². The fourth-order valence-electron chi connectivity index (χ4n) is 2.27. The third-order valence-corrected chi connectivity index (χ3v) is 3.32. The van der Waals surface area contributed by atoms with Crippen LogP contribution >= 0.6 is 0 Å². The average Bonchev–Trinajstić information content (AvgIpc) is 2.42. The van der Waals surface area contributed by atoms with Gasteiger partial charge in [0.15, 0.2) is 0 Å². The maximum atomic E-state index is 12.2. The molecule has 0 bridgehead atoms. The van der Waals surface area contributed by atoms with Crippen molar-refractivity contribution in [2.24, 2.45) is 0 Å². The average molecular weight is 262 g/mol. The number of aryl methyl sites for hydroxylation is 2. The molecule has 0 unspecified atom stereocenters. The molecule has 0 aromatic heterocycles. The van der Waals surface area contributed by atoms with Gasteiger partial charge >= 0.3 is 5.97 Å². The summed E-state index contributed by atoms with van der Waals surface area (Å²) in [4.78, 5) is 12.2. The minimum Gasteiger partial charge on any atom is -0.462 e. The number of carbonyl (C=O) groups excluding carboxylic acids is 1. The van der Waals surface area contributed by atoms with Crippen molar-refractivity contribution in [2.75, 3.05) is 6.61 Å². The molecular formula is C17H26O2. The molecule has 0 amide bonds. The molecule has 0 aliphatic carbocycles. The van der Waals surface area contributed by atoms with Gasteiger partial charge in [-0.05, 0) is 43.7 Å². The van der Waals surface area contributed by atoms with Crippen molar-refractivity contribution in [3.63, 3.8) is 0 Å². The Morgan fingerprint density at radius 2 is 1.53 bits per heavy atom. The molecule has 1 aromatic carbocycles. The summed E-state index contributed by atoms with van der Waals surface area (Å²) in [6.07, 6.45) is 6.44. The molecule has 0 fully saturated rings. The Labute approximate surface area is 117 Å². The number of hydrogen-bond donors (Lipinski definition) is 0. The Balaban J connectivity index is 3.04. The molecule has 0 atom stereocenters. The molecule has 0 saturated carbocycles. The van der Waals surface area contributed by atoms with Gasteiger partial charge in [0.1, 0.15) is 0 Å². The fraction of sp³-hybridized carbons (Fsp3) is 0.588. The number of unbranched alkanes of at least 4 members (excludes halogenated alkanes) is 2. The van der Waals surface area contributed by atoms with Gasteiger partial charge in [-0.1, -0.05) is 44.9 Å². The molecule has 1 aromatic rings. The van der Waals surface area contributed by atoms with E-state index in [1.165, 1.54) is 0 Å². The van der Waals surface area contributed by atoms with Crippen molar-refractivity contribution in [2.45, 2.75) is 59.3 Å². The Morgan fingerprint density at radius 1 is 1.00 bits per heavy atom. The van der Waals surface area contributed by atoms with E-state index in [1.807, 2.05) is 6.92 Å². The van der Waals surface area contributed by atoms with Crippen LogP contribution in [0.5, 0.6) is 0 Å². The maximum absolute atomic E-state index is 12.2. The minimum atomic E-state index is -0.152. The molecule has 106 valence electrons. The second-order valence-electron chi connectivity index (χ2n) is 4.88. The SMILES string of the molecule is CCCCc1cccc(CCCC)c1C(=O)OCC. The molecular weight excluding hydrogens is 236 g/mol. The molecule has 0 spiro atoms. The first kappa shape index (κ1) is 15.7. The summed E-state index contributed by atoms with van der Waals surface area (Å²) in [5.74, 6) is -0.152. The zero-order chi connectivity index (χ0) is 14.1. The first-order valence-electron chi connectivity index (χ1n) is 7.52. The monoisotopic (exact) mass is 262 g/mol. The van der Waals surface area contributed by atoms with Gasteiger partial charge in [0.2, 0.25) is 0 Å². The molecule has 0 N–H and O–H groups in total. The van der Waals surface area contributed by atoms with Crippen molar-refractivity contribution in [3.05, 3.63) is 34.9 Å². The second-order valence-corrected chi connectivity index (χ2v) is 4.88. The van der Waals surface area contributed by atoms with E-state index in [0.717, 1.165) is 55.2 Å². The summed E-state index contributed by atoms with van der Waals surface area (Å²) in [5.41, 5.74) is 3.12. The lowest BCUT2D eigenvalue weighted by molar-refractivity contribution is 0.0523. The third kappa shape index (κ3) is 4.70. The predicted octanol–water partition coefficient (Wildman–Crippen LogP) is 4.55. The lowest BCUT2D eigenvalue weighted by Gasteiger charge is -2.13. The van der Waals surface area contributed by atoms with E-state index in [9.17, 15) is 4.79 Å². The predicted molar refractivity (Wildman–Crippen MR) is 79.6 cm³/mol. The van der Waals surface area contributed by atoms with E-state index in [4.69, 9.17) is 4.74 Å². The normalized spacial score (nSPS) is 10.5. The lowest BCUT2D eigenvalue weighted by Crippen LogP contribution is -2.12.